The number of para-hydroxylation sites is 1. The molecule has 0 saturated heterocycles. The van der Waals surface area contributed by atoms with Gasteiger partial charge in [-0.1, -0.05) is 37.5 Å². The largest absolute Gasteiger partial charge is 0.435 e. The number of benzene rings is 1. The van der Waals surface area contributed by atoms with Crippen LogP contribution >= 0.6 is 0 Å². The molecule has 0 bridgehead atoms. The van der Waals surface area contributed by atoms with Gasteiger partial charge in [0.05, 0.1) is 11.3 Å². The average molecular weight is 492 g/mol. The second-order valence-electron chi connectivity index (χ2n) is 8.15. The molecule has 1 aliphatic carbocycles. The van der Waals surface area contributed by atoms with Crippen LogP contribution in [0.25, 0.3) is 5.69 Å². The van der Waals surface area contributed by atoms with Crippen LogP contribution in [0.2, 0.25) is 0 Å². The molecule has 0 unspecified atom stereocenters. The Labute approximate surface area is 197 Å². The van der Waals surface area contributed by atoms with Crippen molar-refractivity contribution in [3.05, 3.63) is 58.3 Å². The third-order valence-electron chi connectivity index (χ3n) is 5.75. The number of H-pyrrole nitrogens is 1. The van der Waals surface area contributed by atoms with Crippen molar-refractivity contribution in [2.45, 2.75) is 38.3 Å². The first-order valence-electron chi connectivity index (χ1n) is 11.1. The van der Waals surface area contributed by atoms with Crippen LogP contribution in [0.15, 0.2) is 45.7 Å². The molecular weight excluding hydrogens is 469 g/mol. The maximum Gasteiger partial charge on any atom is 0.435 e. The Morgan fingerprint density at radius 3 is 2.51 bits per heavy atom. The SMILES string of the molecule is O=C(NCCN(C(=O)C1CCCCC1)c1n[nH]c(=O)o1)c1cn(-c2ccccc2)nc1C(F)(F)F. The molecule has 3 aromatic rings. The van der Waals surface area contributed by atoms with E-state index in [0.29, 0.717) is 18.5 Å². The molecule has 0 radical (unpaired) electrons. The van der Waals surface area contributed by atoms with Crippen molar-refractivity contribution < 1.29 is 27.2 Å². The number of hydrogen-bond donors (Lipinski definition) is 2. The Hall–Kier alpha value is -3.90. The monoisotopic (exact) mass is 492 g/mol. The van der Waals surface area contributed by atoms with Gasteiger partial charge in [-0.3, -0.25) is 14.5 Å². The molecular formula is C22H23F3N6O4. The van der Waals surface area contributed by atoms with Gasteiger partial charge in [-0.05, 0) is 25.0 Å². The molecule has 1 fully saturated rings. The lowest BCUT2D eigenvalue weighted by Gasteiger charge is -2.26. The van der Waals surface area contributed by atoms with E-state index in [2.05, 4.69) is 20.6 Å². The first kappa shape index (κ1) is 24.2. The van der Waals surface area contributed by atoms with E-state index in [9.17, 15) is 27.6 Å². The summed E-state index contributed by atoms with van der Waals surface area (Å²) in [6.07, 6.45) is 0.289. The molecule has 1 saturated carbocycles. The van der Waals surface area contributed by atoms with Crippen LogP contribution in [0, 0.1) is 5.92 Å². The zero-order chi connectivity index (χ0) is 25.0. The highest BCUT2D eigenvalue weighted by atomic mass is 19.4. The molecule has 0 atom stereocenters. The number of nitrogens with one attached hydrogen (secondary N) is 2. The van der Waals surface area contributed by atoms with E-state index in [1.807, 2.05) is 0 Å². The van der Waals surface area contributed by atoms with Gasteiger partial charge in [0.1, 0.15) is 0 Å². The number of hydrogen-bond acceptors (Lipinski definition) is 6. The maximum atomic E-state index is 13.6. The van der Waals surface area contributed by atoms with Crippen LogP contribution in [0.5, 0.6) is 0 Å². The fourth-order valence-electron chi connectivity index (χ4n) is 4.05. The van der Waals surface area contributed by atoms with Crippen LogP contribution in [0.4, 0.5) is 19.2 Å². The molecule has 1 aromatic carbocycles. The number of carbonyl (C=O) groups is 2. The van der Waals surface area contributed by atoms with Crippen molar-refractivity contribution in [3.8, 4) is 5.69 Å². The topological polar surface area (TPSA) is 126 Å². The van der Waals surface area contributed by atoms with E-state index in [4.69, 9.17) is 4.42 Å². The van der Waals surface area contributed by atoms with Gasteiger partial charge in [0, 0.05) is 25.2 Å². The molecule has 2 aromatic heterocycles. The van der Waals surface area contributed by atoms with Crippen molar-refractivity contribution in [1.82, 2.24) is 25.3 Å². The van der Waals surface area contributed by atoms with Gasteiger partial charge in [-0.2, -0.15) is 18.3 Å². The minimum absolute atomic E-state index is 0.150. The van der Waals surface area contributed by atoms with E-state index in [0.717, 1.165) is 35.0 Å². The molecule has 0 aliphatic heterocycles. The predicted octanol–water partition coefficient (Wildman–Crippen LogP) is 2.91. The van der Waals surface area contributed by atoms with Gasteiger partial charge in [-0.15, -0.1) is 5.10 Å². The zero-order valence-corrected chi connectivity index (χ0v) is 18.5. The summed E-state index contributed by atoms with van der Waals surface area (Å²) < 4.78 is 46.6. The summed E-state index contributed by atoms with van der Waals surface area (Å²) in [6.45, 7) is -0.356. The van der Waals surface area contributed by atoms with Gasteiger partial charge in [-0.25, -0.2) is 14.6 Å². The fourth-order valence-corrected chi connectivity index (χ4v) is 4.05. The smallest absolute Gasteiger partial charge is 0.373 e. The van der Waals surface area contributed by atoms with Crippen LogP contribution in [-0.4, -0.2) is 44.9 Å². The van der Waals surface area contributed by atoms with E-state index in [1.54, 1.807) is 30.3 Å². The van der Waals surface area contributed by atoms with Crippen molar-refractivity contribution in [1.29, 1.82) is 0 Å². The van der Waals surface area contributed by atoms with E-state index >= 15 is 0 Å². The third kappa shape index (κ3) is 5.61. The first-order chi connectivity index (χ1) is 16.7. The minimum Gasteiger partial charge on any atom is -0.373 e. The fraction of sp³-hybridized carbons (Fsp3) is 0.409. The number of rotatable bonds is 7. The zero-order valence-electron chi connectivity index (χ0n) is 18.5. The Balaban J connectivity index is 1.50. The number of aromatic amines is 1. The second-order valence-corrected chi connectivity index (χ2v) is 8.15. The molecule has 10 nitrogen and oxygen atoms in total. The Morgan fingerprint density at radius 1 is 1.17 bits per heavy atom. The van der Waals surface area contributed by atoms with Gasteiger partial charge in [0.25, 0.3) is 5.91 Å². The summed E-state index contributed by atoms with van der Waals surface area (Å²) in [6, 6.07) is 7.83. The Bertz CT molecular complexity index is 1230. The van der Waals surface area contributed by atoms with Crippen molar-refractivity contribution in [2.24, 2.45) is 5.92 Å². The number of anilines is 1. The number of alkyl halides is 3. The number of amides is 2. The number of carbonyl (C=O) groups excluding carboxylic acids is 2. The van der Waals surface area contributed by atoms with Crippen LogP contribution in [0.3, 0.4) is 0 Å². The van der Waals surface area contributed by atoms with E-state index in [1.165, 1.54) is 0 Å². The number of aromatic nitrogens is 4. The molecule has 4 rings (SSSR count). The van der Waals surface area contributed by atoms with Gasteiger partial charge < -0.3 is 9.73 Å². The molecule has 13 heteroatoms. The molecule has 2 N–H and O–H groups in total. The number of halogens is 3. The highest BCUT2D eigenvalue weighted by Crippen LogP contribution is 2.31. The van der Waals surface area contributed by atoms with Gasteiger partial charge >= 0.3 is 17.9 Å². The summed E-state index contributed by atoms with van der Waals surface area (Å²) in [7, 11) is 0. The maximum absolute atomic E-state index is 13.6. The standard InChI is InChI=1S/C22H23F3N6O4/c23-22(24,25)17-16(13-31(29-17)15-9-5-2-6-10-15)18(32)26-11-12-30(20-27-28-21(34)35-20)19(33)14-7-3-1-4-8-14/h2,5-6,9-10,13-14H,1,3-4,7-8,11-12H2,(H,26,32)(H,28,34). The lowest BCUT2D eigenvalue weighted by molar-refractivity contribution is -0.141. The van der Waals surface area contributed by atoms with E-state index in [-0.39, 0.29) is 30.9 Å². The van der Waals surface area contributed by atoms with Crippen molar-refractivity contribution >= 4 is 17.8 Å². The highest BCUT2D eigenvalue weighted by Gasteiger charge is 2.39. The second kappa shape index (κ2) is 10.2. The van der Waals surface area contributed by atoms with Crippen LogP contribution in [-0.2, 0) is 11.0 Å². The number of nitrogens with zero attached hydrogens (tertiary/aromatic N) is 4. The molecule has 2 heterocycles. The predicted molar refractivity (Wildman–Crippen MR) is 117 cm³/mol. The average Bonchev–Trinajstić information content (AvgIpc) is 3.49. The summed E-state index contributed by atoms with van der Waals surface area (Å²) in [5, 5.41) is 11.7. The summed E-state index contributed by atoms with van der Waals surface area (Å²) in [5.41, 5.74) is -1.63. The normalized spacial score (nSPS) is 14.6. The van der Waals surface area contributed by atoms with Crippen LogP contribution < -0.4 is 16.0 Å². The highest BCUT2D eigenvalue weighted by molar-refractivity contribution is 5.96. The summed E-state index contributed by atoms with van der Waals surface area (Å²) in [4.78, 5) is 38.3. The van der Waals surface area contributed by atoms with Gasteiger partial charge in [0.2, 0.25) is 5.91 Å². The Kier molecular flexibility index (Phi) is 7.03. The van der Waals surface area contributed by atoms with E-state index < -0.39 is 29.1 Å². The first-order valence-corrected chi connectivity index (χ1v) is 11.1. The van der Waals surface area contributed by atoms with Crippen molar-refractivity contribution in [2.75, 3.05) is 18.0 Å². The minimum atomic E-state index is -4.85. The lowest BCUT2D eigenvalue weighted by atomic mass is 9.88. The van der Waals surface area contributed by atoms with Gasteiger partial charge in [0.15, 0.2) is 5.69 Å². The van der Waals surface area contributed by atoms with Crippen molar-refractivity contribution in [3.63, 3.8) is 0 Å². The van der Waals surface area contributed by atoms with Crippen LogP contribution in [0.1, 0.15) is 48.2 Å². The third-order valence-corrected chi connectivity index (χ3v) is 5.75. The molecule has 186 valence electrons. The molecule has 0 spiro atoms. The summed E-state index contributed by atoms with van der Waals surface area (Å²) >= 11 is 0. The quantitative estimate of drug-likeness (QED) is 0.522. The molecule has 2 amide bonds. The molecule has 1 aliphatic rings. The Morgan fingerprint density at radius 2 is 1.89 bits per heavy atom. The molecule has 35 heavy (non-hydrogen) atoms. The summed E-state index contributed by atoms with van der Waals surface area (Å²) in [5.74, 6) is -2.47. The lowest BCUT2D eigenvalue weighted by Crippen LogP contribution is -2.42.